The molecule has 116 valence electrons. The SMILES string of the molecule is O=[N+]([O-])c1ccc2nc(S(=O)(=O)CC3CCCN3)cnc2c1. The Kier molecular flexibility index (Phi) is 3.75. The fourth-order valence-electron chi connectivity index (χ4n) is 2.49. The molecule has 1 atom stereocenters. The molecule has 8 nitrogen and oxygen atoms in total. The highest BCUT2D eigenvalue weighted by Crippen LogP contribution is 2.20. The first kappa shape index (κ1) is 14.8. The van der Waals surface area contributed by atoms with Crippen LogP contribution in [0, 0.1) is 10.1 Å². The van der Waals surface area contributed by atoms with Gasteiger partial charge in [-0.15, -0.1) is 0 Å². The molecule has 0 saturated carbocycles. The molecule has 1 aromatic carbocycles. The number of aromatic nitrogens is 2. The summed E-state index contributed by atoms with van der Waals surface area (Å²) in [5.41, 5.74) is 0.519. The molecular weight excluding hydrogens is 308 g/mol. The third-order valence-corrected chi connectivity index (χ3v) is 5.29. The molecule has 3 rings (SSSR count). The second kappa shape index (κ2) is 5.58. The number of hydrogen-bond acceptors (Lipinski definition) is 7. The number of nitro groups is 1. The quantitative estimate of drug-likeness (QED) is 0.661. The Morgan fingerprint density at radius 1 is 1.36 bits per heavy atom. The molecule has 0 spiro atoms. The van der Waals surface area contributed by atoms with Gasteiger partial charge in [0, 0.05) is 18.2 Å². The summed E-state index contributed by atoms with van der Waals surface area (Å²) >= 11 is 0. The third kappa shape index (κ3) is 2.90. The number of nitro benzene ring substituents is 1. The lowest BCUT2D eigenvalue weighted by Crippen LogP contribution is -2.30. The molecule has 2 heterocycles. The van der Waals surface area contributed by atoms with Crippen molar-refractivity contribution in [3.05, 3.63) is 34.5 Å². The number of non-ortho nitro benzene ring substituents is 1. The number of hydrogen-bond donors (Lipinski definition) is 1. The Bertz CT molecular complexity index is 831. The number of rotatable bonds is 4. The third-order valence-electron chi connectivity index (χ3n) is 3.62. The van der Waals surface area contributed by atoms with Crippen LogP contribution in [0.5, 0.6) is 0 Å². The number of benzene rings is 1. The molecule has 0 bridgehead atoms. The topological polar surface area (TPSA) is 115 Å². The first-order valence-electron chi connectivity index (χ1n) is 6.83. The highest BCUT2D eigenvalue weighted by molar-refractivity contribution is 7.91. The molecule has 1 fully saturated rings. The zero-order valence-electron chi connectivity index (χ0n) is 11.6. The van der Waals surface area contributed by atoms with E-state index in [9.17, 15) is 18.5 Å². The van der Waals surface area contributed by atoms with Crippen LogP contribution in [-0.4, -0.2) is 41.6 Å². The van der Waals surface area contributed by atoms with E-state index in [0.29, 0.717) is 11.0 Å². The van der Waals surface area contributed by atoms with E-state index in [0.717, 1.165) is 25.6 Å². The van der Waals surface area contributed by atoms with E-state index < -0.39 is 14.8 Å². The van der Waals surface area contributed by atoms with E-state index in [2.05, 4.69) is 15.3 Å². The number of nitrogens with zero attached hydrogens (tertiary/aromatic N) is 3. The predicted octanol–water partition coefficient (Wildman–Crippen LogP) is 1.06. The van der Waals surface area contributed by atoms with Crippen LogP contribution in [0.3, 0.4) is 0 Å². The molecule has 1 unspecified atom stereocenters. The first-order valence-corrected chi connectivity index (χ1v) is 8.48. The maximum absolute atomic E-state index is 12.4. The second-order valence-electron chi connectivity index (χ2n) is 5.21. The summed E-state index contributed by atoms with van der Waals surface area (Å²) in [6, 6.07) is 3.91. The average Bonchev–Trinajstić information content (AvgIpc) is 2.98. The lowest BCUT2D eigenvalue weighted by atomic mass is 10.2. The van der Waals surface area contributed by atoms with Gasteiger partial charge >= 0.3 is 0 Å². The normalized spacial score (nSPS) is 18.6. The molecule has 1 aromatic heterocycles. The first-order chi connectivity index (χ1) is 10.5. The molecule has 22 heavy (non-hydrogen) atoms. The van der Waals surface area contributed by atoms with Gasteiger partial charge < -0.3 is 5.32 Å². The van der Waals surface area contributed by atoms with Gasteiger partial charge in [0.1, 0.15) is 0 Å². The number of fused-ring (bicyclic) bond motifs is 1. The van der Waals surface area contributed by atoms with Crippen LogP contribution < -0.4 is 5.32 Å². The summed E-state index contributed by atoms with van der Waals surface area (Å²) in [5.74, 6) is -0.0137. The Morgan fingerprint density at radius 3 is 2.86 bits per heavy atom. The van der Waals surface area contributed by atoms with Gasteiger partial charge in [-0.3, -0.25) is 15.1 Å². The van der Waals surface area contributed by atoms with Gasteiger partial charge in [-0.2, -0.15) is 0 Å². The molecular formula is C13H14N4O4S. The summed E-state index contributed by atoms with van der Waals surface area (Å²) in [6.07, 6.45) is 2.95. The zero-order valence-corrected chi connectivity index (χ0v) is 12.4. The van der Waals surface area contributed by atoms with Crippen molar-refractivity contribution in [2.45, 2.75) is 23.9 Å². The van der Waals surface area contributed by atoms with Crippen molar-refractivity contribution < 1.29 is 13.3 Å². The molecule has 0 aliphatic carbocycles. The standard InChI is InChI=1S/C13H14N4O4S/c18-17(19)10-3-4-11-12(6-10)15-7-13(16-11)22(20,21)8-9-2-1-5-14-9/h3-4,6-7,9,14H,1-2,5,8H2. The molecule has 0 radical (unpaired) electrons. The Morgan fingerprint density at radius 2 is 2.18 bits per heavy atom. The average molecular weight is 322 g/mol. The van der Waals surface area contributed by atoms with Crippen LogP contribution in [0.4, 0.5) is 5.69 Å². The van der Waals surface area contributed by atoms with Crippen molar-refractivity contribution >= 4 is 26.6 Å². The van der Waals surface area contributed by atoms with Gasteiger partial charge in [-0.1, -0.05) is 0 Å². The Balaban J connectivity index is 1.94. The molecule has 1 N–H and O–H groups in total. The van der Waals surface area contributed by atoms with Crippen LogP contribution in [0.25, 0.3) is 11.0 Å². The summed E-state index contributed by atoms with van der Waals surface area (Å²) in [5, 5.41) is 13.8. The maximum Gasteiger partial charge on any atom is 0.271 e. The summed E-state index contributed by atoms with van der Waals surface area (Å²) in [4.78, 5) is 18.3. The van der Waals surface area contributed by atoms with Gasteiger partial charge in [0.15, 0.2) is 14.9 Å². The minimum atomic E-state index is -3.53. The summed E-state index contributed by atoms with van der Waals surface area (Å²) in [7, 11) is -3.53. The highest BCUT2D eigenvalue weighted by Gasteiger charge is 2.25. The predicted molar refractivity (Wildman–Crippen MR) is 79.3 cm³/mol. The second-order valence-corrected chi connectivity index (χ2v) is 7.19. The Labute approximate surface area is 126 Å². The highest BCUT2D eigenvalue weighted by atomic mass is 32.2. The molecule has 1 aliphatic heterocycles. The van der Waals surface area contributed by atoms with Crippen LogP contribution in [0.1, 0.15) is 12.8 Å². The Hall–Kier alpha value is -2.13. The fraction of sp³-hybridized carbons (Fsp3) is 0.385. The smallest absolute Gasteiger partial charge is 0.271 e. The van der Waals surface area contributed by atoms with Crippen molar-refractivity contribution in [2.75, 3.05) is 12.3 Å². The van der Waals surface area contributed by atoms with Crippen LogP contribution in [-0.2, 0) is 9.84 Å². The molecule has 0 amide bonds. The number of sulfone groups is 1. The minimum Gasteiger partial charge on any atom is -0.313 e. The summed E-state index contributed by atoms with van der Waals surface area (Å²) < 4.78 is 24.7. The van der Waals surface area contributed by atoms with Crippen molar-refractivity contribution in [1.29, 1.82) is 0 Å². The van der Waals surface area contributed by atoms with Gasteiger partial charge in [0.05, 0.1) is 27.9 Å². The van der Waals surface area contributed by atoms with Crippen molar-refractivity contribution in [3.63, 3.8) is 0 Å². The van der Waals surface area contributed by atoms with Crippen molar-refractivity contribution in [3.8, 4) is 0 Å². The lowest BCUT2D eigenvalue weighted by molar-refractivity contribution is -0.384. The van der Waals surface area contributed by atoms with Gasteiger partial charge in [0.2, 0.25) is 0 Å². The molecule has 1 aliphatic rings. The van der Waals surface area contributed by atoms with Crippen molar-refractivity contribution in [1.82, 2.24) is 15.3 Å². The minimum absolute atomic E-state index is 0.0137. The van der Waals surface area contributed by atoms with E-state index in [1.165, 1.54) is 18.2 Å². The van der Waals surface area contributed by atoms with E-state index >= 15 is 0 Å². The van der Waals surface area contributed by atoms with E-state index in [-0.39, 0.29) is 22.5 Å². The van der Waals surface area contributed by atoms with Crippen LogP contribution in [0.15, 0.2) is 29.4 Å². The monoisotopic (exact) mass is 322 g/mol. The fourth-order valence-corrected chi connectivity index (χ4v) is 3.93. The van der Waals surface area contributed by atoms with Gasteiger partial charge in [-0.05, 0) is 25.5 Å². The lowest BCUT2D eigenvalue weighted by Gasteiger charge is -2.10. The molecule has 1 saturated heterocycles. The van der Waals surface area contributed by atoms with E-state index in [4.69, 9.17) is 0 Å². The zero-order chi connectivity index (χ0) is 15.7. The van der Waals surface area contributed by atoms with E-state index in [1.807, 2.05) is 0 Å². The maximum atomic E-state index is 12.4. The molecule has 2 aromatic rings. The van der Waals surface area contributed by atoms with E-state index in [1.54, 1.807) is 0 Å². The van der Waals surface area contributed by atoms with Gasteiger partial charge in [-0.25, -0.2) is 13.4 Å². The van der Waals surface area contributed by atoms with Crippen LogP contribution in [0.2, 0.25) is 0 Å². The largest absolute Gasteiger partial charge is 0.313 e. The van der Waals surface area contributed by atoms with Crippen molar-refractivity contribution in [2.24, 2.45) is 0 Å². The van der Waals surface area contributed by atoms with Gasteiger partial charge in [0.25, 0.3) is 5.69 Å². The molecule has 9 heteroatoms. The number of nitrogens with one attached hydrogen (secondary N) is 1. The summed E-state index contributed by atoms with van der Waals surface area (Å²) in [6.45, 7) is 0.827. The van der Waals surface area contributed by atoms with Crippen LogP contribution >= 0.6 is 0 Å².